The molecule has 23 heavy (non-hydrogen) atoms. The standard InChI is InChI=1S/C18H18O4S/c1-3-14-20-23(19)22-18(4-2)21-17-13-9-8-12-16(17)15-10-6-5-7-11-15/h1,5-13,18H,4,14H2,2H3. The Morgan fingerprint density at radius 1 is 1.13 bits per heavy atom. The zero-order valence-corrected chi connectivity index (χ0v) is 13.6. The van der Waals surface area contributed by atoms with Crippen LogP contribution in [0.25, 0.3) is 11.1 Å². The lowest BCUT2D eigenvalue weighted by atomic mass is 10.1. The van der Waals surface area contributed by atoms with Crippen molar-refractivity contribution in [3.05, 3.63) is 54.6 Å². The van der Waals surface area contributed by atoms with Gasteiger partial charge in [-0.25, -0.2) is 4.18 Å². The third kappa shape index (κ3) is 5.22. The second-order valence-corrected chi connectivity index (χ2v) is 5.42. The predicted octanol–water partition coefficient (Wildman–Crippen LogP) is 3.71. The highest BCUT2D eigenvalue weighted by Gasteiger charge is 2.16. The minimum Gasteiger partial charge on any atom is -0.463 e. The molecular weight excluding hydrogens is 312 g/mol. The maximum absolute atomic E-state index is 11.6. The van der Waals surface area contributed by atoms with E-state index >= 15 is 0 Å². The van der Waals surface area contributed by atoms with Crippen molar-refractivity contribution in [1.29, 1.82) is 0 Å². The summed E-state index contributed by atoms with van der Waals surface area (Å²) in [4.78, 5) is 0. The van der Waals surface area contributed by atoms with Gasteiger partial charge < -0.3 is 4.74 Å². The Hall–Kier alpha value is -2.13. The van der Waals surface area contributed by atoms with Crippen molar-refractivity contribution in [2.24, 2.45) is 0 Å². The number of hydrogen-bond donors (Lipinski definition) is 0. The van der Waals surface area contributed by atoms with Crippen LogP contribution in [0.4, 0.5) is 0 Å². The predicted molar refractivity (Wildman–Crippen MR) is 90.6 cm³/mol. The van der Waals surface area contributed by atoms with Crippen LogP contribution in [-0.2, 0) is 19.7 Å². The Morgan fingerprint density at radius 3 is 2.52 bits per heavy atom. The molecule has 0 aliphatic rings. The number of para-hydroxylation sites is 1. The van der Waals surface area contributed by atoms with Gasteiger partial charge in [0.05, 0.1) is 0 Å². The molecule has 5 heteroatoms. The average Bonchev–Trinajstić information content (AvgIpc) is 2.60. The molecule has 0 bridgehead atoms. The van der Waals surface area contributed by atoms with Gasteiger partial charge in [-0.3, -0.25) is 4.18 Å². The summed E-state index contributed by atoms with van der Waals surface area (Å²) in [6.45, 7) is 1.79. The lowest BCUT2D eigenvalue weighted by Gasteiger charge is -2.18. The van der Waals surface area contributed by atoms with Gasteiger partial charge in [-0.1, -0.05) is 61.4 Å². The van der Waals surface area contributed by atoms with Crippen LogP contribution in [0.2, 0.25) is 0 Å². The zero-order valence-electron chi connectivity index (χ0n) is 12.8. The molecule has 0 aromatic heterocycles. The van der Waals surface area contributed by atoms with Crippen LogP contribution in [0.5, 0.6) is 5.75 Å². The van der Waals surface area contributed by atoms with E-state index < -0.39 is 17.7 Å². The molecular formula is C18H18O4S. The highest BCUT2D eigenvalue weighted by atomic mass is 32.2. The van der Waals surface area contributed by atoms with Crippen LogP contribution in [-0.4, -0.2) is 17.1 Å². The third-order valence-corrected chi connectivity index (χ3v) is 3.67. The fourth-order valence-corrected chi connectivity index (χ4v) is 2.51. The molecule has 2 rings (SSSR count). The highest BCUT2D eigenvalue weighted by Crippen LogP contribution is 2.30. The maximum Gasteiger partial charge on any atom is 0.309 e. The van der Waals surface area contributed by atoms with E-state index in [4.69, 9.17) is 19.5 Å². The number of terminal acetylenes is 1. The summed E-state index contributed by atoms with van der Waals surface area (Å²) in [5, 5.41) is 0. The van der Waals surface area contributed by atoms with Crippen LogP contribution < -0.4 is 4.74 Å². The number of hydrogen-bond acceptors (Lipinski definition) is 4. The topological polar surface area (TPSA) is 44.8 Å². The van der Waals surface area contributed by atoms with Gasteiger partial charge >= 0.3 is 11.4 Å². The van der Waals surface area contributed by atoms with Crippen LogP contribution in [0.3, 0.4) is 0 Å². The first kappa shape index (κ1) is 17.2. The summed E-state index contributed by atoms with van der Waals surface area (Å²) in [7, 11) is 0. The Balaban J connectivity index is 2.12. The van der Waals surface area contributed by atoms with E-state index in [0.717, 1.165) is 11.1 Å². The van der Waals surface area contributed by atoms with E-state index in [9.17, 15) is 4.21 Å². The van der Waals surface area contributed by atoms with E-state index in [1.54, 1.807) is 0 Å². The van der Waals surface area contributed by atoms with E-state index in [1.807, 2.05) is 61.5 Å². The molecule has 0 aliphatic heterocycles. The van der Waals surface area contributed by atoms with Gasteiger partial charge in [-0.2, -0.15) is 4.21 Å². The molecule has 2 aromatic carbocycles. The lowest BCUT2D eigenvalue weighted by molar-refractivity contribution is 0.00533. The largest absolute Gasteiger partial charge is 0.463 e. The molecule has 0 radical (unpaired) electrons. The van der Waals surface area contributed by atoms with Gasteiger partial charge in [-0.05, 0) is 11.6 Å². The normalized spacial score (nSPS) is 13.0. The van der Waals surface area contributed by atoms with Gasteiger partial charge in [0.25, 0.3) is 0 Å². The molecule has 2 unspecified atom stereocenters. The van der Waals surface area contributed by atoms with Gasteiger partial charge in [0.2, 0.25) is 6.29 Å². The maximum atomic E-state index is 11.6. The second kappa shape index (κ2) is 9.11. The number of benzene rings is 2. The smallest absolute Gasteiger partial charge is 0.309 e. The molecule has 0 saturated heterocycles. The third-order valence-electron chi connectivity index (χ3n) is 2.99. The summed E-state index contributed by atoms with van der Waals surface area (Å²) in [6, 6.07) is 17.5. The summed E-state index contributed by atoms with van der Waals surface area (Å²) >= 11 is -1.94. The molecule has 0 saturated carbocycles. The Bertz CT molecular complexity index is 679. The molecule has 2 aromatic rings. The first-order valence-electron chi connectivity index (χ1n) is 7.21. The molecule has 0 amide bonds. The summed E-state index contributed by atoms with van der Waals surface area (Å²) in [6.07, 6.45) is 4.86. The van der Waals surface area contributed by atoms with Crippen LogP contribution in [0.1, 0.15) is 13.3 Å². The van der Waals surface area contributed by atoms with Crippen molar-refractivity contribution in [1.82, 2.24) is 0 Å². The molecule has 4 nitrogen and oxygen atoms in total. The van der Waals surface area contributed by atoms with E-state index in [1.165, 1.54) is 0 Å². The van der Waals surface area contributed by atoms with Crippen molar-refractivity contribution in [3.8, 4) is 29.2 Å². The molecule has 0 fully saturated rings. The molecule has 120 valence electrons. The minimum absolute atomic E-state index is 0.0797. The Morgan fingerprint density at radius 2 is 1.83 bits per heavy atom. The molecule has 0 spiro atoms. The molecule has 0 heterocycles. The van der Waals surface area contributed by atoms with Gasteiger partial charge in [0.15, 0.2) is 0 Å². The van der Waals surface area contributed by atoms with Gasteiger partial charge in [0.1, 0.15) is 12.4 Å². The Kier molecular flexibility index (Phi) is 6.82. The number of rotatable bonds is 8. The van der Waals surface area contributed by atoms with Crippen LogP contribution in [0, 0.1) is 12.3 Å². The SMILES string of the molecule is C#CCOS(=O)OC(CC)Oc1ccccc1-c1ccccc1. The van der Waals surface area contributed by atoms with E-state index in [-0.39, 0.29) is 6.61 Å². The average molecular weight is 330 g/mol. The highest BCUT2D eigenvalue weighted by molar-refractivity contribution is 7.75. The fourth-order valence-electron chi connectivity index (χ4n) is 1.94. The number of ether oxygens (including phenoxy) is 1. The van der Waals surface area contributed by atoms with E-state index in [0.29, 0.717) is 12.2 Å². The van der Waals surface area contributed by atoms with Crippen molar-refractivity contribution in [2.75, 3.05) is 6.61 Å². The fraction of sp³-hybridized carbons (Fsp3) is 0.222. The quantitative estimate of drug-likeness (QED) is 0.547. The second-order valence-electron chi connectivity index (χ2n) is 4.58. The minimum atomic E-state index is -1.94. The summed E-state index contributed by atoms with van der Waals surface area (Å²) in [5.74, 6) is 2.89. The molecule has 0 aliphatic carbocycles. The Labute approximate surface area is 139 Å². The summed E-state index contributed by atoms with van der Waals surface area (Å²) in [5.41, 5.74) is 1.97. The molecule has 0 N–H and O–H groups in total. The monoisotopic (exact) mass is 330 g/mol. The van der Waals surface area contributed by atoms with Crippen LogP contribution >= 0.6 is 0 Å². The van der Waals surface area contributed by atoms with Crippen LogP contribution in [0.15, 0.2) is 54.6 Å². The van der Waals surface area contributed by atoms with Gasteiger partial charge in [0, 0.05) is 12.0 Å². The van der Waals surface area contributed by atoms with Crippen molar-refractivity contribution >= 4 is 11.4 Å². The lowest BCUT2D eigenvalue weighted by Crippen LogP contribution is -2.22. The van der Waals surface area contributed by atoms with Crippen molar-refractivity contribution < 1.29 is 17.3 Å². The summed E-state index contributed by atoms with van der Waals surface area (Å²) < 4.78 is 27.5. The van der Waals surface area contributed by atoms with E-state index in [2.05, 4.69) is 5.92 Å². The van der Waals surface area contributed by atoms with Gasteiger partial charge in [-0.15, -0.1) is 6.42 Å². The first-order valence-corrected chi connectivity index (χ1v) is 8.21. The zero-order chi connectivity index (χ0) is 16.5. The van der Waals surface area contributed by atoms with Crippen molar-refractivity contribution in [3.63, 3.8) is 0 Å². The molecule has 2 atom stereocenters. The first-order chi connectivity index (χ1) is 11.2. The van der Waals surface area contributed by atoms with Crippen molar-refractivity contribution in [2.45, 2.75) is 19.6 Å².